The molecule has 4 rings (SSSR count). The molecule has 6 heteroatoms. The van der Waals surface area contributed by atoms with E-state index in [0.717, 1.165) is 48.6 Å². The standard InChI is InChI=1S/C26H32N2O4/c1-18-21(24(29)27-14-6-5-7-15-27)12-13-22-23(18)31-17-16-28(22)20-10-8-19(9-11-20)25(30)32-26(2,3)4/h8-13H,5-7,14-17H2,1-4H3. The van der Waals surface area contributed by atoms with Crippen LogP contribution in [-0.4, -0.2) is 48.6 Å². The SMILES string of the molecule is Cc1c(C(=O)N2CCCCC2)ccc2c1OCCN2c1ccc(C(=O)OC(C)(C)C)cc1. The minimum atomic E-state index is -0.528. The molecule has 0 radical (unpaired) electrons. The van der Waals surface area contributed by atoms with Crippen LogP contribution in [0.3, 0.4) is 0 Å². The number of esters is 1. The highest BCUT2D eigenvalue weighted by atomic mass is 16.6. The topological polar surface area (TPSA) is 59.1 Å². The summed E-state index contributed by atoms with van der Waals surface area (Å²) in [6, 6.07) is 11.3. The molecule has 0 aliphatic carbocycles. The van der Waals surface area contributed by atoms with Crippen LogP contribution in [0.2, 0.25) is 0 Å². The van der Waals surface area contributed by atoms with Crippen LogP contribution in [0.5, 0.6) is 5.75 Å². The average molecular weight is 437 g/mol. The van der Waals surface area contributed by atoms with Gasteiger partial charge in [-0.05, 0) is 83.4 Å². The first-order valence-electron chi connectivity index (χ1n) is 11.4. The van der Waals surface area contributed by atoms with Crippen LogP contribution >= 0.6 is 0 Å². The van der Waals surface area contributed by atoms with Gasteiger partial charge in [0.1, 0.15) is 18.0 Å². The van der Waals surface area contributed by atoms with E-state index in [2.05, 4.69) is 4.90 Å². The zero-order valence-corrected chi connectivity index (χ0v) is 19.4. The Hall–Kier alpha value is -3.02. The van der Waals surface area contributed by atoms with E-state index in [1.54, 1.807) is 12.1 Å². The molecule has 0 aromatic heterocycles. The van der Waals surface area contributed by atoms with Crippen LogP contribution < -0.4 is 9.64 Å². The molecule has 0 spiro atoms. The first-order valence-corrected chi connectivity index (χ1v) is 11.4. The number of piperidine rings is 1. The van der Waals surface area contributed by atoms with Crippen molar-refractivity contribution in [2.45, 2.75) is 52.6 Å². The second kappa shape index (κ2) is 8.85. The van der Waals surface area contributed by atoms with E-state index in [0.29, 0.717) is 24.3 Å². The third-order valence-electron chi connectivity index (χ3n) is 5.92. The lowest BCUT2D eigenvalue weighted by Crippen LogP contribution is -2.36. The molecule has 2 heterocycles. The maximum absolute atomic E-state index is 13.1. The van der Waals surface area contributed by atoms with E-state index in [4.69, 9.17) is 9.47 Å². The molecule has 2 aliphatic rings. The monoisotopic (exact) mass is 436 g/mol. The Morgan fingerprint density at radius 3 is 2.28 bits per heavy atom. The summed E-state index contributed by atoms with van der Waals surface area (Å²) < 4.78 is 11.5. The summed E-state index contributed by atoms with van der Waals surface area (Å²) in [5.74, 6) is 0.519. The predicted octanol–water partition coefficient (Wildman–Crippen LogP) is 5.11. The van der Waals surface area contributed by atoms with Crippen molar-refractivity contribution in [3.05, 3.63) is 53.1 Å². The van der Waals surface area contributed by atoms with Gasteiger partial charge in [-0.25, -0.2) is 4.79 Å². The summed E-state index contributed by atoms with van der Waals surface area (Å²) in [7, 11) is 0. The first-order chi connectivity index (χ1) is 15.2. The van der Waals surface area contributed by atoms with Crippen LogP contribution in [0.25, 0.3) is 0 Å². The van der Waals surface area contributed by atoms with Gasteiger partial charge in [0, 0.05) is 29.9 Å². The fourth-order valence-corrected chi connectivity index (χ4v) is 4.31. The lowest BCUT2D eigenvalue weighted by Gasteiger charge is -2.33. The predicted molar refractivity (Wildman–Crippen MR) is 125 cm³/mol. The normalized spacial score (nSPS) is 16.2. The Morgan fingerprint density at radius 1 is 0.938 bits per heavy atom. The molecule has 0 bridgehead atoms. The van der Waals surface area contributed by atoms with Crippen molar-refractivity contribution in [1.29, 1.82) is 0 Å². The number of fused-ring (bicyclic) bond motifs is 1. The van der Waals surface area contributed by atoms with Gasteiger partial charge in [0.2, 0.25) is 0 Å². The Morgan fingerprint density at radius 2 is 1.62 bits per heavy atom. The van der Waals surface area contributed by atoms with Crippen molar-refractivity contribution >= 4 is 23.3 Å². The van der Waals surface area contributed by atoms with E-state index in [1.165, 1.54) is 6.42 Å². The number of carbonyl (C=O) groups is 2. The average Bonchev–Trinajstić information content (AvgIpc) is 2.78. The number of likely N-dealkylation sites (tertiary alicyclic amines) is 1. The molecule has 2 aliphatic heterocycles. The van der Waals surface area contributed by atoms with Crippen molar-refractivity contribution in [3.63, 3.8) is 0 Å². The van der Waals surface area contributed by atoms with Gasteiger partial charge in [-0.1, -0.05) is 0 Å². The number of carbonyl (C=O) groups excluding carboxylic acids is 2. The molecule has 32 heavy (non-hydrogen) atoms. The summed E-state index contributed by atoms with van der Waals surface area (Å²) in [6.45, 7) is 10.4. The fourth-order valence-electron chi connectivity index (χ4n) is 4.31. The minimum Gasteiger partial charge on any atom is -0.489 e. The largest absolute Gasteiger partial charge is 0.489 e. The number of hydrogen-bond acceptors (Lipinski definition) is 5. The molecular weight excluding hydrogens is 404 g/mol. The van der Waals surface area contributed by atoms with Crippen molar-refractivity contribution in [2.24, 2.45) is 0 Å². The minimum absolute atomic E-state index is 0.0902. The van der Waals surface area contributed by atoms with E-state index < -0.39 is 5.60 Å². The van der Waals surface area contributed by atoms with E-state index >= 15 is 0 Å². The number of hydrogen-bond donors (Lipinski definition) is 0. The Balaban J connectivity index is 1.58. The smallest absolute Gasteiger partial charge is 0.338 e. The van der Waals surface area contributed by atoms with Gasteiger partial charge in [-0.15, -0.1) is 0 Å². The molecule has 0 N–H and O–H groups in total. The highest BCUT2D eigenvalue weighted by Crippen LogP contribution is 2.40. The molecule has 0 atom stereocenters. The summed E-state index contributed by atoms with van der Waals surface area (Å²) in [5, 5.41) is 0. The van der Waals surface area contributed by atoms with Crippen LogP contribution in [0.4, 0.5) is 11.4 Å². The van der Waals surface area contributed by atoms with Gasteiger partial charge in [0.05, 0.1) is 17.8 Å². The van der Waals surface area contributed by atoms with Crippen LogP contribution in [-0.2, 0) is 4.74 Å². The summed E-state index contributed by atoms with van der Waals surface area (Å²) in [5.41, 5.74) is 3.50. The number of anilines is 2. The van der Waals surface area contributed by atoms with Gasteiger partial charge >= 0.3 is 5.97 Å². The first kappa shape index (κ1) is 22.2. The van der Waals surface area contributed by atoms with E-state index in [9.17, 15) is 9.59 Å². The van der Waals surface area contributed by atoms with Crippen LogP contribution in [0.15, 0.2) is 36.4 Å². The molecule has 1 saturated heterocycles. The second-order valence-corrected chi connectivity index (χ2v) is 9.49. The molecule has 2 aromatic rings. The molecule has 170 valence electrons. The quantitative estimate of drug-likeness (QED) is 0.626. The lowest BCUT2D eigenvalue weighted by molar-refractivity contribution is 0.00694. The molecule has 0 saturated carbocycles. The third-order valence-corrected chi connectivity index (χ3v) is 5.92. The molecule has 6 nitrogen and oxygen atoms in total. The van der Waals surface area contributed by atoms with Gasteiger partial charge in [0.15, 0.2) is 0 Å². The lowest BCUT2D eigenvalue weighted by atomic mass is 10.0. The Bertz CT molecular complexity index is 1000. The van der Waals surface area contributed by atoms with Gasteiger partial charge < -0.3 is 19.3 Å². The van der Waals surface area contributed by atoms with Gasteiger partial charge in [0.25, 0.3) is 5.91 Å². The zero-order valence-electron chi connectivity index (χ0n) is 19.4. The molecule has 1 fully saturated rings. The molecule has 0 unspecified atom stereocenters. The highest BCUT2D eigenvalue weighted by Gasteiger charge is 2.27. The number of rotatable bonds is 3. The highest BCUT2D eigenvalue weighted by molar-refractivity contribution is 5.97. The van der Waals surface area contributed by atoms with Crippen LogP contribution in [0, 0.1) is 6.92 Å². The maximum atomic E-state index is 13.1. The van der Waals surface area contributed by atoms with Crippen molar-refractivity contribution in [1.82, 2.24) is 4.90 Å². The van der Waals surface area contributed by atoms with Gasteiger partial charge in [-0.2, -0.15) is 0 Å². The number of nitrogens with zero attached hydrogens (tertiary/aromatic N) is 2. The molecule has 1 amide bonds. The van der Waals surface area contributed by atoms with Crippen molar-refractivity contribution < 1.29 is 19.1 Å². The van der Waals surface area contributed by atoms with Gasteiger partial charge in [-0.3, -0.25) is 4.79 Å². The second-order valence-electron chi connectivity index (χ2n) is 9.49. The van der Waals surface area contributed by atoms with Crippen molar-refractivity contribution in [3.8, 4) is 5.75 Å². The maximum Gasteiger partial charge on any atom is 0.338 e. The number of amides is 1. The van der Waals surface area contributed by atoms with Crippen LogP contribution in [0.1, 0.15) is 66.3 Å². The fraction of sp³-hybridized carbons (Fsp3) is 0.462. The van der Waals surface area contributed by atoms with E-state index in [1.807, 2.05) is 56.9 Å². The summed E-state index contributed by atoms with van der Waals surface area (Å²) >= 11 is 0. The third kappa shape index (κ3) is 4.59. The zero-order chi connectivity index (χ0) is 22.9. The number of ether oxygens (including phenoxy) is 2. The van der Waals surface area contributed by atoms with Crippen molar-refractivity contribution in [2.75, 3.05) is 31.1 Å². The van der Waals surface area contributed by atoms with E-state index in [-0.39, 0.29) is 11.9 Å². The summed E-state index contributed by atoms with van der Waals surface area (Å²) in [4.78, 5) is 29.5. The Kier molecular flexibility index (Phi) is 6.13. The summed E-state index contributed by atoms with van der Waals surface area (Å²) in [6.07, 6.45) is 3.33. The molecule has 2 aromatic carbocycles. The molecular formula is C26H32N2O4. The Labute approximate surface area is 190 Å². The number of benzene rings is 2.